The monoisotopic (exact) mass is 177 g/mol. The Balaban J connectivity index is 2.01. The van der Waals surface area contributed by atoms with Crippen LogP contribution in [0, 0.1) is 0 Å². The van der Waals surface area contributed by atoms with Crippen molar-refractivity contribution in [2.24, 2.45) is 5.73 Å². The molecular formula is C11H15NO. The molecule has 0 saturated heterocycles. The Kier molecular flexibility index (Phi) is 2.10. The smallest absolute Gasteiger partial charge is 0.0668 e. The third-order valence-electron chi connectivity index (χ3n) is 2.65. The van der Waals surface area contributed by atoms with E-state index in [1.807, 2.05) is 30.3 Å². The highest BCUT2D eigenvalue weighted by atomic mass is 16.3. The molecule has 0 amide bonds. The lowest BCUT2D eigenvalue weighted by atomic mass is 10.0. The normalized spacial score (nSPS) is 21.1. The van der Waals surface area contributed by atoms with E-state index in [1.165, 1.54) is 0 Å². The molecule has 2 heteroatoms. The van der Waals surface area contributed by atoms with Crippen molar-refractivity contribution in [1.82, 2.24) is 0 Å². The summed E-state index contributed by atoms with van der Waals surface area (Å²) in [7, 11) is 0. The van der Waals surface area contributed by atoms with Crippen LogP contribution in [0.2, 0.25) is 0 Å². The number of hydrogen-bond donors (Lipinski definition) is 2. The molecular weight excluding hydrogens is 162 g/mol. The Hall–Kier alpha value is -0.860. The molecule has 0 radical (unpaired) electrons. The Morgan fingerprint density at radius 2 is 1.92 bits per heavy atom. The second kappa shape index (κ2) is 3.13. The van der Waals surface area contributed by atoms with E-state index in [1.54, 1.807) is 0 Å². The van der Waals surface area contributed by atoms with Crippen LogP contribution < -0.4 is 5.73 Å². The lowest BCUT2D eigenvalue weighted by Crippen LogP contribution is -2.19. The highest BCUT2D eigenvalue weighted by Gasteiger charge is 2.41. The van der Waals surface area contributed by atoms with Crippen LogP contribution in [0.4, 0.5) is 0 Å². The van der Waals surface area contributed by atoms with Crippen molar-refractivity contribution < 1.29 is 5.11 Å². The van der Waals surface area contributed by atoms with Gasteiger partial charge in [0.2, 0.25) is 0 Å². The Morgan fingerprint density at radius 3 is 2.46 bits per heavy atom. The van der Waals surface area contributed by atoms with E-state index in [4.69, 9.17) is 5.73 Å². The summed E-state index contributed by atoms with van der Waals surface area (Å²) in [5.74, 6) is 0. The Bertz CT molecular complexity index is 279. The first-order valence-corrected chi connectivity index (χ1v) is 4.73. The van der Waals surface area contributed by atoms with Gasteiger partial charge in [-0.05, 0) is 24.8 Å². The van der Waals surface area contributed by atoms with Gasteiger partial charge in [-0.2, -0.15) is 0 Å². The lowest BCUT2D eigenvalue weighted by Gasteiger charge is -2.15. The highest BCUT2D eigenvalue weighted by Crippen LogP contribution is 2.41. The molecule has 1 fully saturated rings. The summed E-state index contributed by atoms with van der Waals surface area (Å²) in [6.07, 6.45) is 2.51. The zero-order valence-corrected chi connectivity index (χ0v) is 7.61. The first-order chi connectivity index (χ1) is 6.20. The second-order valence-electron chi connectivity index (χ2n) is 3.95. The quantitative estimate of drug-likeness (QED) is 0.736. The molecule has 3 N–H and O–H groups in total. The van der Waals surface area contributed by atoms with Crippen molar-refractivity contribution in [2.75, 3.05) is 0 Å². The Labute approximate surface area is 78.4 Å². The minimum atomic E-state index is -0.449. The molecule has 2 nitrogen and oxygen atoms in total. The van der Waals surface area contributed by atoms with Crippen LogP contribution in [0.5, 0.6) is 0 Å². The van der Waals surface area contributed by atoms with Gasteiger partial charge in [-0.1, -0.05) is 30.3 Å². The maximum atomic E-state index is 9.68. The van der Waals surface area contributed by atoms with E-state index in [2.05, 4.69) is 0 Å². The van der Waals surface area contributed by atoms with Gasteiger partial charge in [-0.15, -0.1) is 0 Å². The van der Waals surface area contributed by atoms with Crippen LogP contribution >= 0.6 is 0 Å². The number of aliphatic hydroxyl groups is 1. The van der Waals surface area contributed by atoms with Crippen LogP contribution in [0.3, 0.4) is 0 Å². The predicted octanol–water partition coefficient (Wildman–Crippen LogP) is 1.60. The van der Waals surface area contributed by atoms with Crippen molar-refractivity contribution in [3.8, 4) is 0 Å². The van der Waals surface area contributed by atoms with Crippen molar-refractivity contribution in [1.29, 1.82) is 0 Å². The summed E-state index contributed by atoms with van der Waals surface area (Å²) in [6, 6.07) is 9.93. The van der Waals surface area contributed by atoms with Gasteiger partial charge in [0.05, 0.1) is 5.60 Å². The van der Waals surface area contributed by atoms with E-state index >= 15 is 0 Å². The van der Waals surface area contributed by atoms with Gasteiger partial charge in [-0.25, -0.2) is 0 Å². The number of nitrogens with two attached hydrogens (primary N) is 1. The molecule has 1 unspecified atom stereocenters. The standard InChI is InChI=1S/C11H15NO/c12-10(8-11(13)6-7-11)9-4-2-1-3-5-9/h1-5,10,13H,6-8,12H2. The average molecular weight is 177 g/mol. The fourth-order valence-electron chi connectivity index (χ4n) is 1.58. The molecule has 0 bridgehead atoms. The van der Waals surface area contributed by atoms with E-state index in [-0.39, 0.29) is 6.04 Å². The zero-order valence-electron chi connectivity index (χ0n) is 7.61. The summed E-state index contributed by atoms with van der Waals surface area (Å²) in [6.45, 7) is 0. The largest absolute Gasteiger partial charge is 0.390 e. The van der Waals surface area contributed by atoms with Crippen LogP contribution in [-0.2, 0) is 0 Å². The van der Waals surface area contributed by atoms with Gasteiger partial charge in [0.25, 0.3) is 0 Å². The summed E-state index contributed by atoms with van der Waals surface area (Å²) in [4.78, 5) is 0. The van der Waals surface area contributed by atoms with Crippen LogP contribution in [0.15, 0.2) is 30.3 Å². The SMILES string of the molecule is NC(CC1(O)CC1)c1ccccc1. The summed E-state index contributed by atoms with van der Waals surface area (Å²) >= 11 is 0. The van der Waals surface area contributed by atoms with Gasteiger partial charge in [0, 0.05) is 6.04 Å². The average Bonchev–Trinajstić information content (AvgIpc) is 2.85. The van der Waals surface area contributed by atoms with Gasteiger partial charge >= 0.3 is 0 Å². The van der Waals surface area contributed by atoms with Gasteiger partial charge in [-0.3, -0.25) is 0 Å². The van der Waals surface area contributed by atoms with E-state index in [9.17, 15) is 5.11 Å². The third kappa shape index (κ3) is 2.08. The molecule has 0 aliphatic heterocycles. The van der Waals surface area contributed by atoms with Crippen LogP contribution in [0.1, 0.15) is 30.9 Å². The van der Waals surface area contributed by atoms with Crippen LogP contribution in [0.25, 0.3) is 0 Å². The van der Waals surface area contributed by atoms with Gasteiger partial charge in [0.1, 0.15) is 0 Å². The number of rotatable bonds is 3. The second-order valence-corrected chi connectivity index (χ2v) is 3.95. The maximum absolute atomic E-state index is 9.68. The minimum absolute atomic E-state index is 0.0197. The molecule has 1 atom stereocenters. The molecule has 70 valence electrons. The van der Waals surface area contributed by atoms with Gasteiger partial charge < -0.3 is 10.8 Å². The molecule has 1 aliphatic carbocycles. The fraction of sp³-hybridized carbons (Fsp3) is 0.455. The molecule has 0 spiro atoms. The summed E-state index contributed by atoms with van der Waals surface area (Å²) in [5.41, 5.74) is 6.63. The van der Waals surface area contributed by atoms with Crippen LogP contribution in [-0.4, -0.2) is 10.7 Å². The third-order valence-corrected chi connectivity index (χ3v) is 2.65. The summed E-state index contributed by atoms with van der Waals surface area (Å²) < 4.78 is 0. The minimum Gasteiger partial charge on any atom is -0.390 e. The summed E-state index contributed by atoms with van der Waals surface area (Å²) in [5, 5.41) is 9.68. The first-order valence-electron chi connectivity index (χ1n) is 4.73. The van der Waals surface area contributed by atoms with E-state index in [0.29, 0.717) is 6.42 Å². The van der Waals surface area contributed by atoms with Crippen molar-refractivity contribution in [2.45, 2.75) is 30.9 Å². The molecule has 2 rings (SSSR count). The number of benzene rings is 1. The van der Waals surface area contributed by atoms with Crippen molar-refractivity contribution >= 4 is 0 Å². The molecule has 1 aliphatic rings. The fourth-order valence-corrected chi connectivity index (χ4v) is 1.58. The van der Waals surface area contributed by atoms with Crippen molar-refractivity contribution in [3.05, 3.63) is 35.9 Å². The van der Waals surface area contributed by atoms with E-state index < -0.39 is 5.60 Å². The molecule has 13 heavy (non-hydrogen) atoms. The molecule has 0 aromatic heterocycles. The van der Waals surface area contributed by atoms with Crippen molar-refractivity contribution in [3.63, 3.8) is 0 Å². The molecule has 0 heterocycles. The number of hydrogen-bond acceptors (Lipinski definition) is 2. The topological polar surface area (TPSA) is 46.2 Å². The Morgan fingerprint density at radius 1 is 1.31 bits per heavy atom. The van der Waals surface area contributed by atoms with Gasteiger partial charge in [0.15, 0.2) is 0 Å². The highest BCUT2D eigenvalue weighted by molar-refractivity contribution is 5.19. The first kappa shape index (κ1) is 8.73. The maximum Gasteiger partial charge on any atom is 0.0668 e. The predicted molar refractivity (Wildman–Crippen MR) is 52.2 cm³/mol. The molecule has 1 saturated carbocycles. The van der Waals surface area contributed by atoms with E-state index in [0.717, 1.165) is 18.4 Å². The zero-order chi connectivity index (χ0) is 9.31. The molecule has 1 aromatic carbocycles. The molecule has 1 aromatic rings. The lowest BCUT2D eigenvalue weighted by molar-refractivity contribution is 0.131.